The van der Waals surface area contributed by atoms with Gasteiger partial charge in [0.25, 0.3) is 6.43 Å². The van der Waals surface area contributed by atoms with Crippen LogP contribution < -0.4 is 4.74 Å². The Morgan fingerprint density at radius 1 is 1.29 bits per heavy atom. The average molecular weight is 239 g/mol. The van der Waals surface area contributed by atoms with Crippen LogP contribution in [-0.4, -0.2) is 28.3 Å². The number of halogens is 2. The van der Waals surface area contributed by atoms with Crippen LogP contribution in [0.25, 0.3) is 11.4 Å². The second kappa shape index (κ2) is 4.90. The largest absolute Gasteiger partial charge is 0.497 e. The summed E-state index contributed by atoms with van der Waals surface area (Å²) in [4.78, 5) is 3.97. The molecule has 0 amide bonds. The summed E-state index contributed by atoms with van der Waals surface area (Å²) in [5.74, 6) is 1.13. The molecule has 2 aromatic rings. The molecule has 0 aliphatic rings. The number of hydrogen-bond acceptors (Lipinski definition) is 3. The quantitative estimate of drug-likeness (QED) is 0.821. The van der Waals surface area contributed by atoms with Gasteiger partial charge in [0.2, 0.25) is 0 Å². The number of methoxy groups -OCH3 is 1. The third-order valence-electron chi connectivity index (χ3n) is 2.27. The van der Waals surface area contributed by atoms with Crippen molar-refractivity contribution in [2.75, 3.05) is 7.11 Å². The maximum absolute atomic E-state index is 12.3. The van der Waals surface area contributed by atoms with E-state index in [0.717, 1.165) is 5.56 Å². The standard InChI is InChI=1S/C11H11F2N3O/c1-17-9-4-2-8(3-5-9)11-14-7-15-16(11)6-10(12)13/h2-5,7,10H,6H2,1H3. The van der Waals surface area contributed by atoms with Crippen molar-refractivity contribution < 1.29 is 13.5 Å². The minimum absolute atomic E-state index is 0.424. The summed E-state index contributed by atoms with van der Waals surface area (Å²) in [6, 6.07) is 7.00. The van der Waals surface area contributed by atoms with Crippen LogP contribution in [0, 0.1) is 0 Å². The van der Waals surface area contributed by atoms with E-state index in [-0.39, 0.29) is 0 Å². The Morgan fingerprint density at radius 3 is 2.59 bits per heavy atom. The summed E-state index contributed by atoms with van der Waals surface area (Å²) in [6.07, 6.45) is -1.18. The Balaban J connectivity index is 2.29. The van der Waals surface area contributed by atoms with Gasteiger partial charge >= 0.3 is 0 Å². The van der Waals surface area contributed by atoms with Gasteiger partial charge in [-0.1, -0.05) is 0 Å². The first-order chi connectivity index (χ1) is 8.20. The molecule has 0 radical (unpaired) electrons. The molecule has 0 unspecified atom stereocenters. The first kappa shape index (κ1) is 11.5. The van der Waals surface area contributed by atoms with Crippen LogP contribution in [-0.2, 0) is 6.54 Å². The number of alkyl halides is 2. The fraction of sp³-hybridized carbons (Fsp3) is 0.273. The molecule has 1 aromatic carbocycles. The molecule has 17 heavy (non-hydrogen) atoms. The maximum Gasteiger partial charge on any atom is 0.258 e. The number of ether oxygens (including phenoxy) is 1. The monoisotopic (exact) mass is 239 g/mol. The van der Waals surface area contributed by atoms with Crippen LogP contribution in [0.3, 0.4) is 0 Å². The van der Waals surface area contributed by atoms with Gasteiger partial charge in [-0.15, -0.1) is 0 Å². The molecule has 4 nitrogen and oxygen atoms in total. The van der Waals surface area contributed by atoms with Crippen LogP contribution in [0.4, 0.5) is 8.78 Å². The van der Waals surface area contributed by atoms with Crippen molar-refractivity contribution in [2.24, 2.45) is 0 Å². The summed E-state index contributed by atoms with van der Waals surface area (Å²) in [7, 11) is 1.56. The molecule has 0 aliphatic carbocycles. The highest BCUT2D eigenvalue weighted by atomic mass is 19.3. The lowest BCUT2D eigenvalue weighted by atomic mass is 10.2. The molecule has 0 saturated carbocycles. The topological polar surface area (TPSA) is 39.9 Å². The molecule has 1 aromatic heterocycles. The first-order valence-corrected chi connectivity index (χ1v) is 5.01. The van der Waals surface area contributed by atoms with Crippen molar-refractivity contribution in [3.8, 4) is 17.1 Å². The van der Waals surface area contributed by atoms with Crippen molar-refractivity contribution in [1.29, 1.82) is 0 Å². The number of rotatable bonds is 4. The Morgan fingerprint density at radius 2 is 2.00 bits per heavy atom. The van der Waals surface area contributed by atoms with Gasteiger partial charge in [-0.3, -0.25) is 0 Å². The fourth-order valence-electron chi connectivity index (χ4n) is 1.49. The summed E-state index contributed by atoms with van der Waals surface area (Å²) in [6.45, 7) is -0.457. The van der Waals surface area contributed by atoms with Gasteiger partial charge in [0, 0.05) is 5.56 Å². The molecule has 0 fully saturated rings. The third-order valence-corrected chi connectivity index (χ3v) is 2.27. The molecular weight excluding hydrogens is 228 g/mol. The lowest BCUT2D eigenvalue weighted by Gasteiger charge is -2.06. The molecule has 0 spiro atoms. The molecule has 0 atom stereocenters. The molecule has 6 heteroatoms. The maximum atomic E-state index is 12.3. The van der Waals surface area contributed by atoms with Crippen molar-refractivity contribution in [2.45, 2.75) is 13.0 Å². The molecule has 0 bridgehead atoms. The van der Waals surface area contributed by atoms with Crippen LogP contribution in [0.2, 0.25) is 0 Å². The number of nitrogens with zero attached hydrogens (tertiary/aromatic N) is 3. The van der Waals surface area contributed by atoms with E-state index in [4.69, 9.17) is 4.74 Å². The van der Waals surface area contributed by atoms with Gasteiger partial charge in [-0.05, 0) is 24.3 Å². The van der Waals surface area contributed by atoms with E-state index in [1.165, 1.54) is 11.0 Å². The van der Waals surface area contributed by atoms with Crippen LogP contribution in [0.5, 0.6) is 5.75 Å². The second-order valence-corrected chi connectivity index (χ2v) is 3.39. The predicted molar refractivity (Wildman–Crippen MR) is 58.0 cm³/mol. The van der Waals surface area contributed by atoms with E-state index in [1.54, 1.807) is 31.4 Å². The highest BCUT2D eigenvalue weighted by molar-refractivity contribution is 5.56. The Bertz CT molecular complexity index is 482. The van der Waals surface area contributed by atoms with E-state index in [1.807, 2.05) is 0 Å². The lowest BCUT2D eigenvalue weighted by Crippen LogP contribution is -2.09. The van der Waals surface area contributed by atoms with E-state index < -0.39 is 13.0 Å². The summed E-state index contributed by atoms with van der Waals surface area (Å²) in [5.41, 5.74) is 0.726. The SMILES string of the molecule is COc1ccc(-c2ncnn2CC(F)F)cc1. The van der Waals surface area contributed by atoms with Gasteiger partial charge in [0.05, 0.1) is 7.11 Å². The highest BCUT2D eigenvalue weighted by Crippen LogP contribution is 2.20. The molecule has 2 rings (SSSR count). The normalized spacial score (nSPS) is 10.8. The van der Waals surface area contributed by atoms with E-state index in [0.29, 0.717) is 11.6 Å². The molecule has 90 valence electrons. The Hall–Kier alpha value is -1.98. The highest BCUT2D eigenvalue weighted by Gasteiger charge is 2.11. The van der Waals surface area contributed by atoms with Crippen molar-refractivity contribution in [3.05, 3.63) is 30.6 Å². The Labute approximate surface area is 96.9 Å². The minimum atomic E-state index is -2.45. The number of aromatic nitrogens is 3. The molecule has 0 N–H and O–H groups in total. The van der Waals surface area contributed by atoms with Gasteiger partial charge in [0.15, 0.2) is 5.82 Å². The predicted octanol–water partition coefficient (Wildman–Crippen LogP) is 2.22. The van der Waals surface area contributed by atoms with Gasteiger partial charge in [0.1, 0.15) is 18.6 Å². The molecule has 0 aliphatic heterocycles. The zero-order valence-electron chi connectivity index (χ0n) is 9.18. The number of benzene rings is 1. The van der Waals surface area contributed by atoms with Crippen molar-refractivity contribution >= 4 is 0 Å². The second-order valence-electron chi connectivity index (χ2n) is 3.39. The van der Waals surface area contributed by atoms with Gasteiger partial charge < -0.3 is 4.74 Å². The number of hydrogen-bond donors (Lipinski definition) is 0. The van der Waals surface area contributed by atoms with Crippen molar-refractivity contribution in [3.63, 3.8) is 0 Å². The Kier molecular flexibility index (Phi) is 3.32. The van der Waals surface area contributed by atoms with Gasteiger partial charge in [-0.25, -0.2) is 18.4 Å². The van der Waals surface area contributed by atoms with E-state index in [9.17, 15) is 8.78 Å². The summed E-state index contributed by atoms with van der Waals surface area (Å²) < 4.78 is 30.8. The molecular formula is C11H11F2N3O. The zero-order chi connectivity index (χ0) is 12.3. The van der Waals surface area contributed by atoms with E-state index in [2.05, 4.69) is 10.1 Å². The molecule has 1 heterocycles. The minimum Gasteiger partial charge on any atom is -0.497 e. The third kappa shape index (κ3) is 2.58. The van der Waals surface area contributed by atoms with Crippen LogP contribution in [0.1, 0.15) is 0 Å². The zero-order valence-corrected chi connectivity index (χ0v) is 9.18. The smallest absolute Gasteiger partial charge is 0.258 e. The first-order valence-electron chi connectivity index (χ1n) is 5.01. The summed E-state index contributed by atoms with van der Waals surface area (Å²) in [5, 5.41) is 3.77. The van der Waals surface area contributed by atoms with Crippen molar-refractivity contribution in [1.82, 2.24) is 14.8 Å². The fourth-order valence-corrected chi connectivity index (χ4v) is 1.49. The van der Waals surface area contributed by atoms with E-state index >= 15 is 0 Å². The van der Waals surface area contributed by atoms with Crippen LogP contribution in [0.15, 0.2) is 30.6 Å². The van der Waals surface area contributed by atoms with Crippen LogP contribution >= 0.6 is 0 Å². The lowest BCUT2D eigenvalue weighted by molar-refractivity contribution is 0.122. The average Bonchev–Trinajstić information content (AvgIpc) is 2.76. The molecule has 0 saturated heterocycles. The van der Waals surface area contributed by atoms with Gasteiger partial charge in [-0.2, -0.15) is 5.10 Å². The summed E-state index contributed by atoms with van der Waals surface area (Å²) >= 11 is 0.